The van der Waals surface area contributed by atoms with E-state index in [9.17, 15) is 29.4 Å². The van der Waals surface area contributed by atoms with Gasteiger partial charge in [0.25, 0.3) is 11.8 Å². The molecule has 17 heteroatoms. The Morgan fingerprint density at radius 3 is 2.77 bits per heavy atom. The minimum Gasteiger partial charge on any atom is -0.479 e. The smallest absolute Gasteiger partial charge is 0.352 e. The molecule has 3 aromatic heterocycles. The first-order valence-corrected chi connectivity index (χ1v) is 13.5. The van der Waals surface area contributed by atoms with Gasteiger partial charge in [0, 0.05) is 22.4 Å². The van der Waals surface area contributed by atoms with Crippen LogP contribution in [-0.2, 0) is 37.2 Å². The standard InChI is InChI=1S/C23H21N7O8S2/c24-23-25-14(10-40-23)16(27-38-8-15(32)33)19(34)26-17-20(35)30-18(22(36)37)11(9-39-21(17)30)5-28-3-4-29-12(6-28)1-2-13(29)7-31/h1-4,6,10,17,21,31H,5,7-9H2,(H4-,24,25,26,32,33,34,36,37)/p+1/t17-,21+/m1/s1. The minimum atomic E-state index is -1.31. The molecule has 0 aliphatic carbocycles. The maximum atomic E-state index is 13.1. The van der Waals surface area contributed by atoms with Crippen molar-refractivity contribution in [3.8, 4) is 0 Å². The Morgan fingerprint density at radius 1 is 1.30 bits per heavy atom. The molecule has 2 aliphatic rings. The van der Waals surface area contributed by atoms with Gasteiger partial charge in [-0.1, -0.05) is 5.16 Å². The molecule has 5 heterocycles. The molecule has 6 N–H and O–H groups in total. The molecule has 5 rings (SSSR count). The zero-order valence-corrected chi connectivity index (χ0v) is 22.1. The molecule has 0 radical (unpaired) electrons. The number of aliphatic hydroxyl groups is 1. The van der Waals surface area contributed by atoms with Crippen LogP contribution in [0.25, 0.3) is 5.52 Å². The summed E-state index contributed by atoms with van der Waals surface area (Å²) in [5, 5.41) is 35.2. The summed E-state index contributed by atoms with van der Waals surface area (Å²) in [6.07, 6.45) is 5.31. The number of hydrogen-bond acceptors (Lipinski definition) is 11. The molecule has 1 saturated heterocycles. The average Bonchev–Trinajstić information content (AvgIpc) is 3.54. The normalized spacial score (nSPS) is 18.9. The Kier molecular flexibility index (Phi) is 7.42. The van der Waals surface area contributed by atoms with Crippen molar-refractivity contribution in [1.29, 1.82) is 0 Å². The fraction of sp³-hybridized carbons (Fsp3) is 0.261. The first-order valence-electron chi connectivity index (χ1n) is 11.6. The van der Waals surface area contributed by atoms with Gasteiger partial charge in [-0.25, -0.2) is 14.6 Å². The number of carboxylic acid groups (broad SMARTS) is 2. The van der Waals surface area contributed by atoms with Gasteiger partial charge in [-0.15, -0.1) is 23.1 Å². The Labute approximate surface area is 233 Å². The van der Waals surface area contributed by atoms with E-state index in [0.717, 1.165) is 21.8 Å². The van der Waals surface area contributed by atoms with Gasteiger partial charge in [-0.3, -0.25) is 14.5 Å². The van der Waals surface area contributed by atoms with Crippen molar-refractivity contribution in [2.24, 2.45) is 5.16 Å². The highest BCUT2D eigenvalue weighted by Crippen LogP contribution is 2.40. The third-order valence-corrected chi connectivity index (χ3v) is 8.15. The van der Waals surface area contributed by atoms with Crippen LogP contribution in [0.4, 0.5) is 5.13 Å². The molecule has 0 aromatic carbocycles. The predicted octanol–water partition coefficient (Wildman–Crippen LogP) is -0.998. The van der Waals surface area contributed by atoms with E-state index >= 15 is 0 Å². The lowest BCUT2D eigenvalue weighted by Crippen LogP contribution is -2.71. The first kappa shape index (κ1) is 27.1. The molecule has 15 nitrogen and oxygen atoms in total. The molecule has 0 unspecified atom stereocenters. The summed E-state index contributed by atoms with van der Waals surface area (Å²) in [6, 6.07) is 2.56. The van der Waals surface area contributed by atoms with Gasteiger partial charge in [0.2, 0.25) is 6.61 Å². The van der Waals surface area contributed by atoms with Crippen LogP contribution >= 0.6 is 23.1 Å². The van der Waals surface area contributed by atoms with E-state index in [-0.39, 0.29) is 41.1 Å². The highest BCUT2D eigenvalue weighted by Gasteiger charge is 2.54. The van der Waals surface area contributed by atoms with Crippen molar-refractivity contribution in [3.05, 3.63) is 58.8 Å². The number of carboxylic acids is 2. The molecule has 208 valence electrons. The lowest BCUT2D eigenvalue weighted by atomic mass is 10.0. The van der Waals surface area contributed by atoms with Crippen molar-refractivity contribution in [1.82, 2.24) is 19.6 Å². The van der Waals surface area contributed by atoms with E-state index in [1.807, 2.05) is 16.7 Å². The molecule has 1 fully saturated rings. The van der Waals surface area contributed by atoms with E-state index in [2.05, 4.69) is 15.5 Å². The van der Waals surface area contributed by atoms with Crippen LogP contribution in [0.5, 0.6) is 0 Å². The van der Waals surface area contributed by atoms with Crippen LogP contribution < -0.4 is 15.6 Å². The first-order chi connectivity index (χ1) is 19.2. The Hall–Kier alpha value is -4.48. The van der Waals surface area contributed by atoms with Crippen LogP contribution in [0, 0.1) is 0 Å². The number of rotatable bonds is 10. The van der Waals surface area contributed by atoms with Crippen LogP contribution in [0.2, 0.25) is 0 Å². The summed E-state index contributed by atoms with van der Waals surface area (Å²) in [5.41, 5.74) is 7.17. The van der Waals surface area contributed by atoms with Crippen LogP contribution in [0.3, 0.4) is 0 Å². The van der Waals surface area contributed by atoms with E-state index in [1.54, 1.807) is 23.0 Å². The molecule has 2 aliphatic heterocycles. The number of amides is 2. The van der Waals surface area contributed by atoms with Gasteiger partial charge in [-0.05, 0) is 12.1 Å². The van der Waals surface area contributed by atoms with Crippen LogP contribution in [0.1, 0.15) is 11.4 Å². The zero-order valence-electron chi connectivity index (χ0n) is 20.5. The molecular weight excluding hydrogens is 566 g/mol. The number of anilines is 1. The van der Waals surface area contributed by atoms with E-state index in [0.29, 0.717) is 11.3 Å². The van der Waals surface area contributed by atoms with Gasteiger partial charge < -0.3 is 35.6 Å². The number of oxime groups is 1. The van der Waals surface area contributed by atoms with Gasteiger partial charge >= 0.3 is 11.9 Å². The number of β-lactam (4-membered cyclic amide) rings is 1. The van der Waals surface area contributed by atoms with Crippen molar-refractivity contribution < 1.29 is 43.9 Å². The maximum Gasteiger partial charge on any atom is 0.352 e. The highest BCUT2D eigenvalue weighted by atomic mass is 32.2. The van der Waals surface area contributed by atoms with Gasteiger partial charge in [0.15, 0.2) is 29.8 Å². The lowest BCUT2D eigenvalue weighted by molar-refractivity contribution is -0.688. The SMILES string of the molecule is Nc1nc(C(=NOCC(=O)O)C(=O)N[C@@H]2C(=O)N3C(C(=O)O)=C(C[n+]4ccn5c(CO)ccc5c4)CS[C@@H]23)cs1. The molecule has 2 amide bonds. The second-order valence-electron chi connectivity index (χ2n) is 8.67. The molecule has 3 aromatic rings. The molecule has 2 atom stereocenters. The maximum absolute atomic E-state index is 13.1. The number of thioether (sulfide) groups is 1. The number of aliphatic carboxylic acids is 2. The Morgan fingerprint density at radius 2 is 2.10 bits per heavy atom. The number of thiazole rings is 1. The fourth-order valence-electron chi connectivity index (χ4n) is 4.38. The van der Waals surface area contributed by atoms with Crippen LogP contribution in [-0.4, -0.2) is 82.8 Å². The van der Waals surface area contributed by atoms with Gasteiger partial charge in [0.05, 0.1) is 12.8 Å². The van der Waals surface area contributed by atoms with Crippen molar-refractivity contribution in [2.45, 2.75) is 24.6 Å². The van der Waals surface area contributed by atoms with Crippen molar-refractivity contribution in [3.63, 3.8) is 0 Å². The Balaban J connectivity index is 1.34. The number of carbonyl (C=O) groups excluding carboxylic acids is 2. The number of aromatic nitrogens is 3. The largest absolute Gasteiger partial charge is 0.479 e. The lowest BCUT2D eigenvalue weighted by Gasteiger charge is -2.49. The summed E-state index contributed by atoms with van der Waals surface area (Å²) in [6.45, 7) is -0.722. The average molecular weight is 589 g/mol. The minimum absolute atomic E-state index is 0.0295. The monoisotopic (exact) mass is 588 g/mol. The summed E-state index contributed by atoms with van der Waals surface area (Å²) >= 11 is 2.32. The number of fused-ring (bicyclic) bond motifs is 2. The highest BCUT2D eigenvalue weighted by molar-refractivity contribution is 8.00. The third kappa shape index (κ3) is 5.08. The molecular formula is C23H22N7O8S2+. The Bertz CT molecular complexity index is 1600. The molecule has 0 spiro atoms. The summed E-state index contributed by atoms with van der Waals surface area (Å²) < 4.78 is 3.60. The van der Waals surface area contributed by atoms with Gasteiger partial charge in [-0.2, -0.15) is 4.57 Å². The number of nitrogens with two attached hydrogens (primary N) is 1. The third-order valence-electron chi connectivity index (χ3n) is 6.13. The summed E-state index contributed by atoms with van der Waals surface area (Å²) in [7, 11) is 0. The number of nitrogens with zero attached hydrogens (tertiary/aromatic N) is 5. The van der Waals surface area contributed by atoms with E-state index in [1.165, 1.54) is 17.1 Å². The molecule has 40 heavy (non-hydrogen) atoms. The quantitative estimate of drug-likeness (QED) is 0.0838. The topological polar surface area (TPSA) is 213 Å². The number of carbonyl (C=O) groups is 4. The van der Waals surface area contributed by atoms with Crippen molar-refractivity contribution in [2.75, 3.05) is 18.1 Å². The zero-order chi connectivity index (χ0) is 28.6. The molecule has 0 bridgehead atoms. The number of nitrogen functional groups attached to an aromatic ring is 1. The van der Waals surface area contributed by atoms with Crippen LogP contribution in [0.15, 0.2) is 52.5 Å². The van der Waals surface area contributed by atoms with Crippen molar-refractivity contribution >= 4 is 63.2 Å². The van der Waals surface area contributed by atoms with Gasteiger partial charge in [0.1, 0.15) is 28.3 Å². The van der Waals surface area contributed by atoms with E-state index in [4.69, 9.17) is 15.7 Å². The second kappa shape index (κ2) is 10.9. The number of aliphatic hydroxyl groups excluding tert-OH is 1. The predicted molar refractivity (Wildman–Crippen MR) is 140 cm³/mol. The van der Waals surface area contributed by atoms with E-state index < -0.39 is 41.8 Å². The molecule has 0 saturated carbocycles. The summed E-state index contributed by atoms with van der Waals surface area (Å²) in [4.78, 5) is 59.0. The number of hydrogen-bond donors (Lipinski definition) is 5. The fourth-order valence-corrected chi connectivity index (χ4v) is 6.26. The second-order valence-corrected chi connectivity index (χ2v) is 10.7. The number of nitrogens with one attached hydrogen (secondary N) is 1. The summed E-state index contributed by atoms with van der Waals surface area (Å²) in [5.74, 6) is -3.78.